The first-order chi connectivity index (χ1) is 13.0. The molecule has 0 N–H and O–H groups in total. The first kappa shape index (κ1) is 15.7. The van der Waals surface area contributed by atoms with E-state index in [0.717, 1.165) is 0 Å². The lowest BCUT2D eigenvalue weighted by molar-refractivity contribution is 0.193. The van der Waals surface area contributed by atoms with Crippen molar-refractivity contribution >= 4 is 11.4 Å². The number of anilines is 2. The lowest BCUT2D eigenvalue weighted by Gasteiger charge is -2.46. The van der Waals surface area contributed by atoms with E-state index in [4.69, 9.17) is 0 Å². The number of fused-ring (bicyclic) bond motifs is 6. The van der Waals surface area contributed by atoms with Crippen molar-refractivity contribution in [1.29, 1.82) is 0 Å². The SMILES string of the molecule is CCC12C3=C(C)C4N(C)C=CN4c4cccc(c41)N1C=CN(C)C1C32CC. The quantitative estimate of drug-likeness (QED) is 0.733. The standard InChI is InChI=1S/C23H28N4/c1-6-22-18-16-9-8-10-17(18)27-14-12-25(5)21(27)23(22,7-2)19(22)15(3)20-24(4)11-13-26(16)20/h8-14,20-21H,6-7H2,1-5H3. The van der Waals surface area contributed by atoms with Gasteiger partial charge in [-0.2, -0.15) is 0 Å². The number of hydrogen-bond donors (Lipinski definition) is 0. The summed E-state index contributed by atoms with van der Waals surface area (Å²) in [4.78, 5) is 9.86. The van der Waals surface area contributed by atoms with Crippen molar-refractivity contribution in [2.24, 2.45) is 5.41 Å². The van der Waals surface area contributed by atoms with Gasteiger partial charge in [-0.25, -0.2) is 0 Å². The highest BCUT2D eigenvalue weighted by atomic mass is 15.4. The van der Waals surface area contributed by atoms with Crippen molar-refractivity contribution in [2.75, 3.05) is 23.9 Å². The monoisotopic (exact) mass is 360 g/mol. The molecule has 1 aromatic rings. The summed E-state index contributed by atoms with van der Waals surface area (Å²) in [6.45, 7) is 7.19. The fourth-order valence-corrected chi connectivity index (χ4v) is 7.37. The predicted octanol–water partition coefficient (Wildman–Crippen LogP) is 4.19. The fourth-order valence-electron chi connectivity index (χ4n) is 7.37. The molecule has 4 heteroatoms. The normalized spacial score (nSPS) is 36.9. The third-order valence-corrected chi connectivity index (χ3v) is 8.11. The molecule has 0 amide bonds. The van der Waals surface area contributed by atoms with E-state index in [-0.39, 0.29) is 10.8 Å². The Bertz CT molecular complexity index is 959. The van der Waals surface area contributed by atoms with E-state index in [1.807, 2.05) is 0 Å². The lowest BCUT2D eigenvalue weighted by Crippen LogP contribution is -2.51. The van der Waals surface area contributed by atoms with E-state index in [9.17, 15) is 0 Å². The van der Waals surface area contributed by atoms with Crippen LogP contribution < -0.4 is 9.80 Å². The van der Waals surface area contributed by atoms with Gasteiger partial charge in [0.05, 0.1) is 0 Å². The van der Waals surface area contributed by atoms with Gasteiger partial charge in [-0.15, -0.1) is 0 Å². The zero-order valence-electron chi connectivity index (χ0n) is 16.9. The molecule has 0 saturated heterocycles. The second-order valence-electron chi connectivity index (χ2n) is 8.80. The molecule has 27 heavy (non-hydrogen) atoms. The molecule has 0 radical (unpaired) electrons. The first-order valence-corrected chi connectivity index (χ1v) is 10.3. The maximum atomic E-state index is 2.54. The van der Waals surface area contributed by atoms with Crippen LogP contribution in [0.25, 0.3) is 0 Å². The first-order valence-electron chi connectivity index (χ1n) is 10.3. The van der Waals surface area contributed by atoms with Crippen LogP contribution in [0.1, 0.15) is 39.2 Å². The van der Waals surface area contributed by atoms with Gasteiger partial charge >= 0.3 is 0 Å². The molecule has 1 aliphatic carbocycles. The van der Waals surface area contributed by atoms with Gasteiger partial charge in [0, 0.05) is 66.7 Å². The molecule has 1 saturated carbocycles. The number of likely N-dealkylation sites (N-methyl/N-ethyl adjacent to an activating group) is 1. The Hall–Kier alpha value is -2.36. The fraction of sp³-hybridized carbons (Fsp3) is 0.478. The minimum Gasteiger partial charge on any atom is -0.358 e. The van der Waals surface area contributed by atoms with Gasteiger partial charge in [0.1, 0.15) is 12.3 Å². The summed E-state index contributed by atoms with van der Waals surface area (Å²) in [5.74, 6) is 0. The molecule has 5 aliphatic rings. The summed E-state index contributed by atoms with van der Waals surface area (Å²) in [7, 11) is 4.46. The topological polar surface area (TPSA) is 13.0 Å². The van der Waals surface area contributed by atoms with Gasteiger partial charge in [-0.3, -0.25) is 0 Å². The molecule has 0 spiro atoms. The molecule has 140 valence electrons. The maximum absolute atomic E-state index is 2.54. The van der Waals surface area contributed by atoms with Crippen molar-refractivity contribution in [1.82, 2.24) is 9.80 Å². The zero-order valence-corrected chi connectivity index (χ0v) is 16.9. The van der Waals surface area contributed by atoms with Gasteiger partial charge in [-0.1, -0.05) is 19.9 Å². The average molecular weight is 361 g/mol. The van der Waals surface area contributed by atoms with Crippen molar-refractivity contribution < 1.29 is 0 Å². The van der Waals surface area contributed by atoms with Gasteiger partial charge in [0.25, 0.3) is 0 Å². The van der Waals surface area contributed by atoms with Crippen molar-refractivity contribution in [3.63, 3.8) is 0 Å². The van der Waals surface area contributed by atoms with Crippen molar-refractivity contribution in [3.8, 4) is 0 Å². The highest BCUT2D eigenvalue weighted by Gasteiger charge is 2.80. The molecule has 4 unspecified atom stereocenters. The highest BCUT2D eigenvalue weighted by molar-refractivity contribution is 5.86. The van der Waals surface area contributed by atoms with Crippen molar-refractivity contribution in [3.05, 3.63) is 59.7 Å². The summed E-state index contributed by atoms with van der Waals surface area (Å²) in [6.07, 6.45) is 12.1. The summed E-state index contributed by atoms with van der Waals surface area (Å²) in [6, 6.07) is 6.92. The molecular formula is C23H28N4. The molecule has 6 rings (SSSR count). The van der Waals surface area contributed by atoms with Crippen LogP contribution in [0.2, 0.25) is 0 Å². The molecule has 4 nitrogen and oxygen atoms in total. The van der Waals surface area contributed by atoms with Gasteiger partial charge in [0.2, 0.25) is 0 Å². The molecule has 4 atom stereocenters. The van der Waals surface area contributed by atoms with E-state index < -0.39 is 0 Å². The van der Waals surface area contributed by atoms with E-state index in [0.29, 0.717) is 12.3 Å². The second kappa shape index (κ2) is 4.54. The Labute approximate surface area is 162 Å². The second-order valence-corrected chi connectivity index (χ2v) is 8.80. The van der Waals surface area contributed by atoms with Gasteiger partial charge in [-0.05, 0) is 43.0 Å². The number of rotatable bonds is 2. The Morgan fingerprint density at radius 1 is 0.889 bits per heavy atom. The van der Waals surface area contributed by atoms with E-state index in [1.165, 1.54) is 24.2 Å². The van der Waals surface area contributed by atoms with Gasteiger partial charge < -0.3 is 19.6 Å². The third kappa shape index (κ3) is 1.35. The smallest absolute Gasteiger partial charge is 0.127 e. The Morgan fingerprint density at radius 3 is 2.26 bits per heavy atom. The van der Waals surface area contributed by atoms with Crippen LogP contribution >= 0.6 is 0 Å². The van der Waals surface area contributed by atoms with Crippen LogP contribution in [0.5, 0.6) is 0 Å². The van der Waals surface area contributed by atoms with Crippen LogP contribution in [-0.4, -0.2) is 36.2 Å². The van der Waals surface area contributed by atoms with Crippen LogP contribution in [0.15, 0.2) is 54.1 Å². The third-order valence-electron chi connectivity index (χ3n) is 8.11. The highest BCUT2D eigenvalue weighted by Crippen LogP contribution is 2.82. The molecule has 0 bridgehead atoms. The molecule has 4 aliphatic heterocycles. The van der Waals surface area contributed by atoms with Crippen LogP contribution in [0.3, 0.4) is 0 Å². The van der Waals surface area contributed by atoms with Crippen LogP contribution in [0, 0.1) is 5.41 Å². The summed E-state index contributed by atoms with van der Waals surface area (Å²) in [5, 5.41) is 0. The number of nitrogens with zero attached hydrogens (tertiary/aromatic N) is 4. The zero-order chi connectivity index (χ0) is 18.7. The van der Waals surface area contributed by atoms with E-state index in [1.54, 1.807) is 16.7 Å². The molecule has 1 aromatic carbocycles. The average Bonchev–Trinajstić information content (AvgIpc) is 2.87. The largest absolute Gasteiger partial charge is 0.358 e. The Kier molecular flexibility index (Phi) is 2.64. The van der Waals surface area contributed by atoms with E-state index in [2.05, 4.69) is 97.5 Å². The maximum Gasteiger partial charge on any atom is 0.127 e. The summed E-state index contributed by atoms with van der Waals surface area (Å²) >= 11 is 0. The Balaban J connectivity index is 1.77. The lowest BCUT2D eigenvalue weighted by atomic mass is 9.75. The minimum atomic E-state index is 0.165. The number of hydrogen-bond acceptors (Lipinski definition) is 4. The van der Waals surface area contributed by atoms with Gasteiger partial charge in [0.15, 0.2) is 0 Å². The summed E-state index contributed by atoms with van der Waals surface area (Å²) in [5.41, 5.74) is 7.97. The molecule has 4 heterocycles. The molecular weight excluding hydrogens is 332 g/mol. The van der Waals surface area contributed by atoms with Crippen LogP contribution in [-0.2, 0) is 5.41 Å². The molecule has 1 fully saturated rings. The predicted molar refractivity (Wildman–Crippen MR) is 110 cm³/mol. The minimum absolute atomic E-state index is 0.165. The molecule has 0 aromatic heterocycles. The van der Waals surface area contributed by atoms with E-state index >= 15 is 0 Å². The summed E-state index contributed by atoms with van der Waals surface area (Å²) < 4.78 is 0. The van der Waals surface area contributed by atoms with Crippen molar-refractivity contribution in [2.45, 2.75) is 51.4 Å². The Morgan fingerprint density at radius 2 is 1.56 bits per heavy atom. The number of benzene rings is 1. The van der Waals surface area contributed by atoms with Crippen LogP contribution in [0.4, 0.5) is 11.4 Å².